The van der Waals surface area contributed by atoms with E-state index in [0.29, 0.717) is 56.2 Å². The summed E-state index contributed by atoms with van der Waals surface area (Å²) >= 11 is 0. The van der Waals surface area contributed by atoms with Crippen LogP contribution in [0.25, 0.3) is 0 Å². The monoisotopic (exact) mass is 409 g/mol. The molecule has 0 spiro atoms. The molecular formula is C22H23N3O5. The van der Waals surface area contributed by atoms with E-state index in [0.717, 1.165) is 18.5 Å². The van der Waals surface area contributed by atoms with E-state index >= 15 is 0 Å². The standard InChI is InChI=1S/C22H23N3O5/c26-20-16-5-1-6-17(19(16)22(28)25(20)14-15-4-2-12-29-15)23-8-10-24(11-9-23)21(27)18-7-3-13-30-18/h1,3,5-7,13,15H,2,4,8-12,14H2. The molecule has 0 radical (unpaired) electrons. The van der Waals surface area contributed by atoms with Gasteiger partial charge in [-0.1, -0.05) is 6.07 Å². The van der Waals surface area contributed by atoms with E-state index < -0.39 is 0 Å². The SMILES string of the molecule is O=C(c1ccco1)N1CCN(c2cccc3c2C(=O)N(CC2CCCO2)C3=O)CC1. The lowest BCUT2D eigenvalue weighted by Crippen LogP contribution is -2.49. The maximum atomic E-state index is 13.1. The molecule has 30 heavy (non-hydrogen) atoms. The number of anilines is 1. The molecule has 8 nitrogen and oxygen atoms in total. The van der Waals surface area contributed by atoms with Crippen LogP contribution >= 0.6 is 0 Å². The first-order chi connectivity index (χ1) is 14.6. The Morgan fingerprint density at radius 1 is 1.03 bits per heavy atom. The van der Waals surface area contributed by atoms with Gasteiger partial charge in [0, 0.05) is 32.8 Å². The quantitative estimate of drug-likeness (QED) is 0.719. The Labute approximate surface area is 174 Å². The van der Waals surface area contributed by atoms with Crippen LogP contribution in [0.15, 0.2) is 41.0 Å². The third kappa shape index (κ3) is 3.17. The van der Waals surface area contributed by atoms with Crippen LogP contribution in [0.1, 0.15) is 44.1 Å². The highest BCUT2D eigenvalue weighted by atomic mass is 16.5. The second kappa shape index (κ2) is 7.60. The number of amides is 3. The number of carbonyl (C=O) groups is 3. The number of rotatable bonds is 4. The minimum atomic E-state index is -0.254. The largest absolute Gasteiger partial charge is 0.459 e. The molecule has 3 aliphatic rings. The summed E-state index contributed by atoms with van der Waals surface area (Å²) in [6.07, 6.45) is 3.24. The molecule has 0 aliphatic carbocycles. The van der Waals surface area contributed by atoms with E-state index in [1.807, 2.05) is 12.1 Å². The van der Waals surface area contributed by atoms with E-state index in [1.54, 1.807) is 23.1 Å². The Kier molecular flexibility index (Phi) is 4.78. The lowest BCUT2D eigenvalue weighted by Gasteiger charge is -2.36. The van der Waals surface area contributed by atoms with E-state index in [1.165, 1.54) is 11.2 Å². The van der Waals surface area contributed by atoms with Crippen molar-refractivity contribution in [3.05, 3.63) is 53.5 Å². The Morgan fingerprint density at radius 2 is 1.87 bits per heavy atom. The van der Waals surface area contributed by atoms with Crippen molar-refractivity contribution >= 4 is 23.4 Å². The van der Waals surface area contributed by atoms with Crippen LogP contribution in [-0.2, 0) is 4.74 Å². The third-order valence-corrected chi connectivity index (χ3v) is 6.03. The average Bonchev–Trinajstić information content (AvgIpc) is 3.53. The van der Waals surface area contributed by atoms with Gasteiger partial charge in [0.25, 0.3) is 17.7 Å². The normalized spacial score (nSPS) is 21.5. The number of hydrogen-bond donors (Lipinski definition) is 0. The molecular weight excluding hydrogens is 386 g/mol. The summed E-state index contributed by atoms with van der Waals surface area (Å²) < 4.78 is 10.8. The first kappa shape index (κ1) is 18.9. The van der Waals surface area contributed by atoms with Gasteiger partial charge in [-0.3, -0.25) is 19.3 Å². The van der Waals surface area contributed by atoms with Gasteiger partial charge < -0.3 is 19.0 Å². The topological polar surface area (TPSA) is 83.3 Å². The van der Waals surface area contributed by atoms with Gasteiger partial charge in [-0.25, -0.2) is 0 Å². The summed E-state index contributed by atoms with van der Waals surface area (Å²) in [4.78, 5) is 43.6. The first-order valence-corrected chi connectivity index (χ1v) is 10.3. The summed E-state index contributed by atoms with van der Waals surface area (Å²) in [5, 5.41) is 0. The van der Waals surface area contributed by atoms with Gasteiger partial charge in [-0.15, -0.1) is 0 Å². The molecule has 1 aromatic heterocycles. The molecule has 0 saturated carbocycles. The van der Waals surface area contributed by atoms with Crippen LogP contribution in [0.2, 0.25) is 0 Å². The fourth-order valence-electron chi connectivity index (χ4n) is 4.44. The molecule has 2 aromatic rings. The molecule has 0 bridgehead atoms. The Morgan fingerprint density at radius 3 is 2.57 bits per heavy atom. The Balaban J connectivity index is 1.32. The molecule has 1 aromatic carbocycles. The van der Waals surface area contributed by atoms with Crippen LogP contribution in [0.4, 0.5) is 5.69 Å². The zero-order valence-electron chi connectivity index (χ0n) is 16.6. The number of fused-ring (bicyclic) bond motifs is 1. The molecule has 3 amide bonds. The maximum Gasteiger partial charge on any atom is 0.289 e. The molecule has 1 atom stereocenters. The molecule has 1 unspecified atom stereocenters. The van der Waals surface area contributed by atoms with Gasteiger partial charge in [-0.2, -0.15) is 0 Å². The van der Waals surface area contributed by atoms with Crippen LogP contribution < -0.4 is 4.90 Å². The first-order valence-electron chi connectivity index (χ1n) is 10.3. The van der Waals surface area contributed by atoms with E-state index in [2.05, 4.69) is 4.90 Å². The third-order valence-electron chi connectivity index (χ3n) is 6.03. The predicted molar refractivity (Wildman–Crippen MR) is 108 cm³/mol. The van der Waals surface area contributed by atoms with Gasteiger partial charge in [0.05, 0.1) is 35.7 Å². The summed E-state index contributed by atoms with van der Waals surface area (Å²) in [7, 11) is 0. The van der Waals surface area contributed by atoms with Crippen LogP contribution in [0.5, 0.6) is 0 Å². The number of piperazine rings is 1. The number of imide groups is 1. The second-order valence-electron chi connectivity index (χ2n) is 7.81. The molecule has 8 heteroatoms. The number of nitrogens with zero attached hydrogens (tertiary/aromatic N) is 3. The van der Waals surface area contributed by atoms with Gasteiger partial charge in [0.1, 0.15) is 0 Å². The molecule has 4 heterocycles. The lowest BCUT2D eigenvalue weighted by molar-refractivity contribution is 0.0475. The highest BCUT2D eigenvalue weighted by Crippen LogP contribution is 2.33. The highest BCUT2D eigenvalue weighted by molar-refractivity contribution is 6.23. The van der Waals surface area contributed by atoms with Gasteiger partial charge in [0.15, 0.2) is 5.76 Å². The summed E-state index contributed by atoms with van der Waals surface area (Å²) in [6.45, 7) is 3.18. The molecule has 2 saturated heterocycles. The number of ether oxygens (including phenoxy) is 1. The molecule has 0 N–H and O–H groups in total. The summed E-state index contributed by atoms with van der Waals surface area (Å²) in [5.41, 5.74) is 1.67. The summed E-state index contributed by atoms with van der Waals surface area (Å²) in [6, 6.07) is 8.76. The smallest absolute Gasteiger partial charge is 0.289 e. The lowest BCUT2D eigenvalue weighted by atomic mass is 10.1. The van der Waals surface area contributed by atoms with Crippen molar-refractivity contribution in [2.45, 2.75) is 18.9 Å². The Bertz CT molecular complexity index is 973. The van der Waals surface area contributed by atoms with Crippen molar-refractivity contribution < 1.29 is 23.5 Å². The van der Waals surface area contributed by atoms with Crippen LogP contribution in [0, 0.1) is 0 Å². The predicted octanol–water partition coefficient (Wildman–Crippen LogP) is 2.02. The van der Waals surface area contributed by atoms with Crippen molar-refractivity contribution in [2.75, 3.05) is 44.2 Å². The fourth-order valence-corrected chi connectivity index (χ4v) is 4.44. The van der Waals surface area contributed by atoms with E-state index in [4.69, 9.17) is 9.15 Å². The van der Waals surface area contributed by atoms with E-state index in [9.17, 15) is 14.4 Å². The van der Waals surface area contributed by atoms with Crippen LogP contribution in [0.3, 0.4) is 0 Å². The zero-order valence-corrected chi connectivity index (χ0v) is 16.6. The summed E-state index contributed by atoms with van der Waals surface area (Å²) in [5.74, 6) is -0.310. The number of hydrogen-bond acceptors (Lipinski definition) is 6. The van der Waals surface area contributed by atoms with Crippen molar-refractivity contribution in [1.82, 2.24) is 9.80 Å². The minimum Gasteiger partial charge on any atom is -0.459 e. The number of furan rings is 1. The van der Waals surface area contributed by atoms with Gasteiger partial charge in [-0.05, 0) is 37.1 Å². The highest BCUT2D eigenvalue weighted by Gasteiger charge is 2.40. The average molecular weight is 409 g/mol. The maximum absolute atomic E-state index is 13.1. The fraction of sp³-hybridized carbons (Fsp3) is 0.409. The number of carbonyl (C=O) groups excluding carboxylic acids is 3. The van der Waals surface area contributed by atoms with Crippen LogP contribution in [-0.4, -0.2) is 73.0 Å². The molecule has 2 fully saturated rings. The van der Waals surface area contributed by atoms with Crippen molar-refractivity contribution in [1.29, 1.82) is 0 Å². The number of benzene rings is 1. The second-order valence-corrected chi connectivity index (χ2v) is 7.81. The molecule has 156 valence electrons. The van der Waals surface area contributed by atoms with Crippen molar-refractivity contribution in [2.24, 2.45) is 0 Å². The van der Waals surface area contributed by atoms with Crippen molar-refractivity contribution in [3.8, 4) is 0 Å². The van der Waals surface area contributed by atoms with Crippen molar-refractivity contribution in [3.63, 3.8) is 0 Å². The minimum absolute atomic E-state index is 0.0770. The Hall–Kier alpha value is -3.13. The zero-order chi connectivity index (χ0) is 20.7. The van der Waals surface area contributed by atoms with E-state index in [-0.39, 0.29) is 23.8 Å². The molecule has 5 rings (SSSR count). The van der Waals surface area contributed by atoms with Gasteiger partial charge >= 0.3 is 0 Å². The molecule has 3 aliphatic heterocycles. The van der Waals surface area contributed by atoms with Gasteiger partial charge in [0.2, 0.25) is 0 Å².